The number of benzene rings is 9. The van der Waals surface area contributed by atoms with Crippen molar-refractivity contribution >= 4 is 54.4 Å². The summed E-state index contributed by atoms with van der Waals surface area (Å²) in [7, 11) is 0. The van der Waals surface area contributed by atoms with Crippen molar-refractivity contribution in [2.75, 3.05) is 0 Å². The van der Waals surface area contributed by atoms with Crippen molar-refractivity contribution in [1.29, 1.82) is 0 Å². The molecule has 0 aliphatic carbocycles. The summed E-state index contributed by atoms with van der Waals surface area (Å²) >= 11 is 0. The Labute approximate surface area is 346 Å². The van der Waals surface area contributed by atoms with Crippen LogP contribution in [0.1, 0.15) is 0 Å². The maximum atomic E-state index is 5.34. The van der Waals surface area contributed by atoms with Crippen molar-refractivity contribution in [3.05, 3.63) is 218 Å². The molecule has 3 aromatic heterocycles. The lowest BCUT2D eigenvalue weighted by Gasteiger charge is -2.16. The Kier molecular flexibility index (Phi) is 7.82. The van der Waals surface area contributed by atoms with E-state index in [-0.39, 0.29) is 0 Å². The molecule has 0 fully saturated rings. The Balaban J connectivity index is 1.11. The number of rotatable bonds is 6. The number of para-hydroxylation sites is 3. The van der Waals surface area contributed by atoms with Gasteiger partial charge in [0, 0.05) is 43.9 Å². The topological polar surface area (TPSA) is 35.6 Å². The second-order valence-corrected chi connectivity index (χ2v) is 15.4. The van der Waals surface area contributed by atoms with E-state index in [4.69, 9.17) is 9.97 Å². The van der Waals surface area contributed by atoms with Crippen LogP contribution in [0.25, 0.3) is 111 Å². The Morgan fingerprint density at radius 2 is 0.817 bits per heavy atom. The predicted molar refractivity (Wildman–Crippen MR) is 250 cm³/mol. The van der Waals surface area contributed by atoms with Crippen molar-refractivity contribution in [3.63, 3.8) is 0 Å². The highest BCUT2D eigenvalue weighted by Gasteiger charge is 2.21. The number of nitrogens with zero attached hydrogens (tertiary/aromatic N) is 4. The van der Waals surface area contributed by atoms with Crippen molar-refractivity contribution in [2.45, 2.75) is 0 Å². The summed E-state index contributed by atoms with van der Waals surface area (Å²) in [5.41, 5.74) is 14.0. The van der Waals surface area contributed by atoms with Crippen LogP contribution < -0.4 is 0 Å². The van der Waals surface area contributed by atoms with Gasteiger partial charge in [-0.25, -0.2) is 9.97 Å². The number of hydrogen-bond donors (Lipinski definition) is 0. The normalized spacial score (nSPS) is 11.7. The molecule has 12 aromatic rings. The van der Waals surface area contributed by atoms with E-state index < -0.39 is 0 Å². The molecule has 0 saturated heterocycles. The van der Waals surface area contributed by atoms with E-state index in [1.165, 1.54) is 43.6 Å². The van der Waals surface area contributed by atoms with Crippen molar-refractivity contribution in [3.8, 4) is 56.4 Å². The van der Waals surface area contributed by atoms with Crippen molar-refractivity contribution < 1.29 is 0 Å². The first-order valence-corrected chi connectivity index (χ1v) is 20.4. The van der Waals surface area contributed by atoms with Crippen LogP contribution in [0.15, 0.2) is 218 Å². The summed E-state index contributed by atoms with van der Waals surface area (Å²) < 4.78 is 4.85. The first-order chi connectivity index (χ1) is 29.8. The van der Waals surface area contributed by atoms with Gasteiger partial charge in [0.25, 0.3) is 0 Å². The number of aromatic nitrogens is 4. The zero-order chi connectivity index (χ0) is 39.6. The van der Waals surface area contributed by atoms with Crippen LogP contribution in [0.4, 0.5) is 0 Å². The quantitative estimate of drug-likeness (QED) is 0.169. The van der Waals surface area contributed by atoms with Gasteiger partial charge in [0.1, 0.15) is 0 Å². The molecule has 9 aromatic carbocycles. The molecule has 0 bridgehead atoms. The van der Waals surface area contributed by atoms with E-state index >= 15 is 0 Å². The molecule has 4 nitrogen and oxygen atoms in total. The SMILES string of the molecule is c1ccc(-c2ccc(-n3c4ccccc4c4cc5c6ccccc6n(-c6ccccc6-c6cc(-c7cccc8ccccc78)nc(-c7ccccc7)n6)c5cc43)cc2)cc1. The molecule has 3 heterocycles. The van der Waals surface area contributed by atoms with Crippen molar-refractivity contribution in [1.82, 2.24) is 19.1 Å². The van der Waals surface area contributed by atoms with E-state index in [1.54, 1.807) is 0 Å². The molecular weight excluding hydrogens is 729 g/mol. The minimum Gasteiger partial charge on any atom is -0.309 e. The lowest BCUT2D eigenvalue weighted by molar-refractivity contribution is 1.15. The van der Waals surface area contributed by atoms with Gasteiger partial charge in [-0.2, -0.15) is 0 Å². The monoisotopic (exact) mass is 764 g/mol. The summed E-state index contributed by atoms with van der Waals surface area (Å²) in [6, 6.07) is 78.0. The van der Waals surface area contributed by atoms with Crippen LogP contribution in [0.2, 0.25) is 0 Å². The average molecular weight is 765 g/mol. The Hall–Kier alpha value is -8.08. The van der Waals surface area contributed by atoms with E-state index in [0.29, 0.717) is 5.82 Å². The first kappa shape index (κ1) is 34.0. The zero-order valence-corrected chi connectivity index (χ0v) is 32.6. The third kappa shape index (κ3) is 5.46. The molecule has 4 heteroatoms. The number of hydrogen-bond acceptors (Lipinski definition) is 2. The van der Waals surface area contributed by atoms with E-state index in [9.17, 15) is 0 Å². The molecule has 0 radical (unpaired) electrons. The van der Waals surface area contributed by atoms with E-state index in [2.05, 4.69) is 209 Å². The minimum absolute atomic E-state index is 0.692. The fourth-order valence-electron chi connectivity index (χ4n) is 9.18. The Morgan fingerprint density at radius 3 is 1.55 bits per heavy atom. The van der Waals surface area contributed by atoms with Gasteiger partial charge in [0.15, 0.2) is 5.82 Å². The van der Waals surface area contributed by atoms with E-state index in [1.807, 2.05) is 18.2 Å². The second kappa shape index (κ2) is 13.8. The largest absolute Gasteiger partial charge is 0.309 e. The Bertz CT molecular complexity index is 3580. The molecule has 60 heavy (non-hydrogen) atoms. The van der Waals surface area contributed by atoms with Gasteiger partial charge in [-0.3, -0.25) is 0 Å². The van der Waals surface area contributed by atoms with Gasteiger partial charge in [0.05, 0.1) is 39.1 Å². The van der Waals surface area contributed by atoms with Gasteiger partial charge in [-0.05, 0) is 70.4 Å². The lowest BCUT2D eigenvalue weighted by Crippen LogP contribution is -2.01. The third-order valence-electron chi connectivity index (χ3n) is 11.9. The molecule has 0 aliphatic heterocycles. The molecule has 280 valence electrons. The second-order valence-electron chi connectivity index (χ2n) is 15.4. The molecule has 0 amide bonds. The highest BCUT2D eigenvalue weighted by molar-refractivity contribution is 6.19. The molecule has 0 unspecified atom stereocenters. The third-order valence-corrected chi connectivity index (χ3v) is 11.9. The first-order valence-electron chi connectivity index (χ1n) is 20.4. The smallest absolute Gasteiger partial charge is 0.160 e. The fourth-order valence-corrected chi connectivity index (χ4v) is 9.18. The maximum Gasteiger partial charge on any atom is 0.160 e. The molecule has 0 N–H and O–H groups in total. The summed E-state index contributed by atoms with van der Waals surface area (Å²) in [5.74, 6) is 0.692. The molecule has 0 atom stereocenters. The van der Waals surface area contributed by atoms with Gasteiger partial charge in [-0.1, -0.05) is 170 Å². The fraction of sp³-hybridized carbons (Fsp3) is 0. The van der Waals surface area contributed by atoms with Crippen LogP contribution in [0.3, 0.4) is 0 Å². The van der Waals surface area contributed by atoms with Crippen LogP contribution in [0.5, 0.6) is 0 Å². The molecule has 0 aliphatic rings. The van der Waals surface area contributed by atoms with Gasteiger partial charge in [-0.15, -0.1) is 0 Å². The highest BCUT2D eigenvalue weighted by Crippen LogP contribution is 2.42. The van der Waals surface area contributed by atoms with Crippen LogP contribution in [-0.4, -0.2) is 19.1 Å². The van der Waals surface area contributed by atoms with Gasteiger partial charge < -0.3 is 9.13 Å². The summed E-state index contributed by atoms with van der Waals surface area (Å²) in [6.45, 7) is 0. The van der Waals surface area contributed by atoms with Gasteiger partial charge in [0.2, 0.25) is 0 Å². The average Bonchev–Trinajstić information content (AvgIpc) is 3.83. The Morgan fingerprint density at radius 1 is 0.300 bits per heavy atom. The molecule has 0 saturated carbocycles. The van der Waals surface area contributed by atoms with Gasteiger partial charge >= 0.3 is 0 Å². The zero-order valence-electron chi connectivity index (χ0n) is 32.6. The number of fused-ring (bicyclic) bond motifs is 7. The predicted octanol–water partition coefficient (Wildman–Crippen LogP) is 14.5. The molecule has 12 rings (SSSR count). The summed E-state index contributed by atoms with van der Waals surface area (Å²) in [6.07, 6.45) is 0. The highest BCUT2D eigenvalue weighted by atomic mass is 15.0. The minimum atomic E-state index is 0.692. The van der Waals surface area contributed by atoms with E-state index in [0.717, 1.165) is 61.4 Å². The molecule has 0 spiro atoms. The van der Waals surface area contributed by atoms with Crippen molar-refractivity contribution in [2.24, 2.45) is 0 Å². The standard InChI is InChI=1S/C56H36N4/c1-3-16-37(17-4-1)38-30-32-41(33-31-38)59-51-27-12-9-23-44(51)47-34-48-45-24-10-13-28-52(45)60(55(48)36-54(47)59)53-29-14-11-25-46(53)50-35-49(57-56(58-50)40-19-5-2-6-20-40)43-26-15-21-39-18-7-8-22-42(39)43/h1-36H. The van der Waals surface area contributed by atoms with Crippen LogP contribution in [0, 0.1) is 0 Å². The summed E-state index contributed by atoms with van der Waals surface area (Å²) in [5, 5.41) is 7.21. The maximum absolute atomic E-state index is 5.34. The summed E-state index contributed by atoms with van der Waals surface area (Å²) in [4.78, 5) is 10.6. The van der Waals surface area contributed by atoms with Crippen LogP contribution >= 0.6 is 0 Å². The van der Waals surface area contributed by atoms with Crippen LogP contribution in [-0.2, 0) is 0 Å². The molecular formula is C56H36N4. The lowest BCUT2D eigenvalue weighted by atomic mass is 10.00.